The molecule has 0 N–H and O–H groups in total. The minimum absolute atomic E-state index is 0.0324. The normalized spacial score (nSPS) is 29.8. The first-order valence-corrected chi connectivity index (χ1v) is 6.13. The van der Waals surface area contributed by atoms with Gasteiger partial charge in [-0.15, -0.1) is 0 Å². The van der Waals surface area contributed by atoms with E-state index in [9.17, 15) is 9.59 Å². The molecule has 2 aliphatic rings. The fourth-order valence-electron chi connectivity index (χ4n) is 2.52. The first-order valence-electron chi connectivity index (χ1n) is 6.13. The Morgan fingerprint density at radius 1 is 1.47 bits per heavy atom. The highest BCUT2D eigenvalue weighted by Crippen LogP contribution is 2.41. The van der Waals surface area contributed by atoms with Crippen LogP contribution < -0.4 is 0 Å². The molecule has 0 aromatic rings. The smallest absolute Gasteiger partial charge is 0.319 e. The Labute approximate surface area is 100 Å². The molecule has 5 nitrogen and oxygen atoms in total. The van der Waals surface area contributed by atoms with Gasteiger partial charge in [-0.2, -0.15) is 0 Å². The summed E-state index contributed by atoms with van der Waals surface area (Å²) in [6.07, 6.45) is 1.59. The maximum atomic E-state index is 12.0. The van der Waals surface area contributed by atoms with E-state index in [0.717, 1.165) is 6.42 Å². The summed E-state index contributed by atoms with van der Waals surface area (Å²) in [5.41, 5.74) is -1.02. The van der Waals surface area contributed by atoms with E-state index in [2.05, 4.69) is 0 Å². The van der Waals surface area contributed by atoms with Gasteiger partial charge in [0.1, 0.15) is 11.2 Å². The largest absolute Gasteiger partial charge is 0.465 e. The third-order valence-corrected chi connectivity index (χ3v) is 3.41. The van der Waals surface area contributed by atoms with Crippen LogP contribution in [0.25, 0.3) is 0 Å². The molecule has 1 aliphatic carbocycles. The van der Waals surface area contributed by atoms with E-state index >= 15 is 0 Å². The lowest BCUT2D eigenvalue weighted by Gasteiger charge is -2.26. The lowest BCUT2D eigenvalue weighted by Crippen LogP contribution is -2.40. The minimum atomic E-state index is -1.02. The highest BCUT2D eigenvalue weighted by atomic mass is 16.7. The number of hydrogen-bond acceptors (Lipinski definition) is 5. The van der Waals surface area contributed by atoms with Crippen LogP contribution in [0, 0.1) is 5.41 Å². The second-order valence-corrected chi connectivity index (χ2v) is 4.45. The number of rotatable bonds is 4. The molecular weight excluding hydrogens is 224 g/mol. The van der Waals surface area contributed by atoms with Gasteiger partial charge >= 0.3 is 5.97 Å². The van der Waals surface area contributed by atoms with Crippen molar-refractivity contribution in [2.24, 2.45) is 5.41 Å². The SMILES string of the molecule is CCOC(=O)[C@]1(CC2OCCO2)CCCC1=O. The number of hydrogen-bond donors (Lipinski definition) is 0. The Hall–Kier alpha value is -0.940. The first kappa shape index (κ1) is 12.5. The van der Waals surface area contributed by atoms with Gasteiger partial charge < -0.3 is 14.2 Å². The van der Waals surface area contributed by atoms with Gasteiger partial charge in [0.15, 0.2) is 6.29 Å². The van der Waals surface area contributed by atoms with Crippen LogP contribution in [0.1, 0.15) is 32.6 Å². The fourth-order valence-corrected chi connectivity index (χ4v) is 2.52. The lowest BCUT2D eigenvalue weighted by molar-refractivity contribution is -0.165. The Balaban J connectivity index is 2.11. The monoisotopic (exact) mass is 242 g/mol. The van der Waals surface area contributed by atoms with E-state index in [1.807, 2.05) is 0 Å². The highest BCUT2D eigenvalue weighted by Gasteiger charge is 2.51. The molecule has 1 atom stereocenters. The predicted molar refractivity (Wildman–Crippen MR) is 58.2 cm³/mol. The molecule has 1 saturated heterocycles. The van der Waals surface area contributed by atoms with Crippen LogP contribution in [0.2, 0.25) is 0 Å². The summed E-state index contributed by atoms with van der Waals surface area (Å²) < 4.78 is 15.7. The van der Waals surface area contributed by atoms with Gasteiger partial charge in [0.2, 0.25) is 0 Å². The maximum absolute atomic E-state index is 12.0. The van der Waals surface area contributed by atoms with Crippen LogP contribution in [0.3, 0.4) is 0 Å². The topological polar surface area (TPSA) is 61.8 Å². The van der Waals surface area contributed by atoms with Crippen LogP contribution in [-0.2, 0) is 23.8 Å². The molecule has 2 fully saturated rings. The molecule has 2 rings (SSSR count). The molecule has 5 heteroatoms. The van der Waals surface area contributed by atoms with Crippen LogP contribution in [-0.4, -0.2) is 37.9 Å². The molecule has 1 heterocycles. The van der Waals surface area contributed by atoms with Crippen molar-refractivity contribution in [3.63, 3.8) is 0 Å². The molecular formula is C12H18O5. The van der Waals surface area contributed by atoms with Crippen molar-refractivity contribution in [3.05, 3.63) is 0 Å². The molecule has 1 saturated carbocycles. The molecule has 0 aromatic heterocycles. The minimum Gasteiger partial charge on any atom is -0.465 e. The quantitative estimate of drug-likeness (QED) is 0.544. The van der Waals surface area contributed by atoms with Crippen LogP contribution in [0.4, 0.5) is 0 Å². The van der Waals surface area contributed by atoms with Crippen molar-refractivity contribution in [1.82, 2.24) is 0 Å². The summed E-state index contributed by atoms with van der Waals surface area (Å²) in [6, 6.07) is 0. The van der Waals surface area contributed by atoms with Crippen LogP contribution in [0.5, 0.6) is 0 Å². The van der Waals surface area contributed by atoms with Crippen molar-refractivity contribution in [3.8, 4) is 0 Å². The molecule has 0 radical (unpaired) electrons. The van der Waals surface area contributed by atoms with Crippen molar-refractivity contribution in [2.45, 2.75) is 38.9 Å². The summed E-state index contributed by atoms with van der Waals surface area (Å²) in [5, 5.41) is 0. The van der Waals surface area contributed by atoms with E-state index in [-0.39, 0.29) is 5.78 Å². The first-order chi connectivity index (χ1) is 8.19. The Bertz CT molecular complexity index is 308. The Morgan fingerprint density at radius 2 is 2.18 bits per heavy atom. The van der Waals surface area contributed by atoms with Crippen LogP contribution in [0.15, 0.2) is 0 Å². The molecule has 17 heavy (non-hydrogen) atoms. The summed E-state index contributed by atoms with van der Waals surface area (Å²) >= 11 is 0. The summed E-state index contributed by atoms with van der Waals surface area (Å²) in [5.74, 6) is -0.448. The maximum Gasteiger partial charge on any atom is 0.319 e. The Kier molecular flexibility index (Phi) is 3.79. The molecule has 1 aliphatic heterocycles. The van der Waals surface area contributed by atoms with Gasteiger partial charge in [0.25, 0.3) is 0 Å². The number of ether oxygens (including phenoxy) is 3. The zero-order valence-corrected chi connectivity index (χ0v) is 10.1. The van der Waals surface area contributed by atoms with E-state index in [0.29, 0.717) is 39.1 Å². The molecule has 0 unspecified atom stereocenters. The number of carbonyl (C=O) groups excluding carboxylic acids is 2. The van der Waals surface area contributed by atoms with E-state index in [1.165, 1.54) is 0 Å². The summed E-state index contributed by atoms with van der Waals surface area (Å²) in [4.78, 5) is 24.0. The molecule has 0 aromatic carbocycles. The van der Waals surface area contributed by atoms with E-state index < -0.39 is 17.7 Å². The Morgan fingerprint density at radius 3 is 2.71 bits per heavy atom. The fraction of sp³-hybridized carbons (Fsp3) is 0.833. The molecule has 0 amide bonds. The van der Waals surface area contributed by atoms with Gasteiger partial charge in [-0.05, 0) is 19.8 Å². The lowest BCUT2D eigenvalue weighted by atomic mass is 9.81. The predicted octanol–water partition coefficient (Wildman–Crippen LogP) is 1.05. The molecule has 0 spiro atoms. The van der Waals surface area contributed by atoms with Crippen LogP contribution >= 0.6 is 0 Å². The van der Waals surface area contributed by atoms with E-state index in [1.54, 1.807) is 6.92 Å². The number of esters is 1. The summed E-state index contributed by atoms with van der Waals surface area (Å²) in [7, 11) is 0. The van der Waals surface area contributed by atoms with Crippen molar-refractivity contribution >= 4 is 11.8 Å². The number of carbonyl (C=O) groups is 2. The van der Waals surface area contributed by atoms with Crippen molar-refractivity contribution in [2.75, 3.05) is 19.8 Å². The van der Waals surface area contributed by atoms with E-state index in [4.69, 9.17) is 14.2 Å². The summed E-state index contributed by atoms with van der Waals surface area (Å²) in [6.45, 7) is 3.09. The van der Waals surface area contributed by atoms with Crippen molar-refractivity contribution < 1.29 is 23.8 Å². The standard InChI is InChI=1S/C12H18O5/c1-2-15-11(14)12(5-3-4-9(12)13)8-10-16-6-7-17-10/h10H,2-8H2,1H3/t12-/m0/s1. The zero-order chi connectivity index (χ0) is 12.3. The number of ketones is 1. The second-order valence-electron chi connectivity index (χ2n) is 4.45. The van der Waals surface area contributed by atoms with Gasteiger partial charge in [-0.25, -0.2) is 0 Å². The van der Waals surface area contributed by atoms with Gasteiger partial charge in [0, 0.05) is 12.8 Å². The molecule has 96 valence electrons. The number of Topliss-reactive ketones (excluding diaryl/α,β-unsaturated/α-hetero) is 1. The van der Waals surface area contributed by atoms with Gasteiger partial charge in [-0.1, -0.05) is 0 Å². The highest BCUT2D eigenvalue weighted by molar-refractivity contribution is 6.05. The second kappa shape index (κ2) is 5.14. The van der Waals surface area contributed by atoms with Crippen molar-refractivity contribution in [1.29, 1.82) is 0 Å². The van der Waals surface area contributed by atoms with Gasteiger partial charge in [-0.3, -0.25) is 9.59 Å². The zero-order valence-electron chi connectivity index (χ0n) is 10.1. The third kappa shape index (κ3) is 2.35. The average molecular weight is 242 g/mol. The molecule has 0 bridgehead atoms. The third-order valence-electron chi connectivity index (χ3n) is 3.41. The van der Waals surface area contributed by atoms with Gasteiger partial charge in [0.05, 0.1) is 19.8 Å². The average Bonchev–Trinajstić information content (AvgIpc) is 2.91.